The Morgan fingerprint density at radius 2 is 1.79 bits per heavy atom. The highest BCUT2D eigenvalue weighted by molar-refractivity contribution is 8.18. The number of aromatic nitrogens is 1. The highest BCUT2D eigenvalue weighted by Gasteiger charge is 2.31. The van der Waals surface area contributed by atoms with Crippen LogP contribution in [0.3, 0.4) is 0 Å². The van der Waals surface area contributed by atoms with Crippen molar-refractivity contribution in [1.29, 1.82) is 0 Å². The topological polar surface area (TPSA) is 58.7 Å². The minimum absolute atomic E-state index is 0.160. The van der Waals surface area contributed by atoms with E-state index in [4.69, 9.17) is 27.6 Å². The van der Waals surface area contributed by atoms with Gasteiger partial charge < -0.3 is 4.42 Å². The number of hydrogen-bond acceptors (Lipinski definition) is 6. The molecule has 2 aromatic heterocycles. The van der Waals surface area contributed by atoms with E-state index in [1.165, 1.54) is 28.0 Å². The molecule has 0 unspecified atom stereocenters. The monoisotopic (exact) mass is 511 g/mol. The zero-order valence-electron chi connectivity index (χ0n) is 17.2. The molecule has 0 N–H and O–H groups in total. The smallest absolute Gasteiger partial charge is 0.266 e. The number of nitrogens with zero attached hydrogens (tertiary/aromatic N) is 3. The van der Waals surface area contributed by atoms with Gasteiger partial charge in [0.25, 0.3) is 5.91 Å². The normalized spacial score (nSPS) is 16.3. The molecule has 4 aromatic rings. The molecular formula is C24H15Cl2N3O2S2. The summed E-state index contributed by atoms with van der Waals surface area (Å²) in [6.07, 6.45) is 1.69. The fourth-order valence-corrected chi connectivity index (χ4v) is 5.50. The lowest BCUT2D eigenvalue weighted by Crippen LogP contribution is -2.23. The first-order valence-electron chi connectivity index (χ1n) is 9.81. The third-order valence-corrected chi connectivity index (χ3v) is 7.29. The number of carbonyl (C=O) groups is 1. The molecule has 33 heavy (non-hydrogen) atoms. The van der Waals surface area contributed by atoms with Gasteiger partial charge in [-0.3, -0.25) is 9.69 Å². The Kier molecular flexibility index (Phi) is 6.12. The number of rotatable bonds is 4. The second kappa shape index (κ2) is 9.19. The molecule has 1 aliphatic heterocycles. The van der Waals surface area contributed by atoms with E-state index in [-0.39, 0.29) is 5.91 Å². The molecule has 0 saturated carbocycles. The van der Waals surface area contributed by atoms with Crippen molar-refractivity contribution < 1.29 is 9.21 Å². The van der Waals surface area contributed by atoms with E-state index in [2.05, 4.69) is 9.98 Å². The molecule has 0 aliphatic carbocycles. The molecule has 0 bridgehead atoms. The minimum atomic E-state index is -0.160. The molecule has 2 aromatic carbocycles. The first kappa shape index (κ1) is 22.0. The number of furan rings is 1. The van der Waals surface area contributed by atoms with E-state index in [1.54, 1.807) is 43.5 Å². The summed E-state index contributed by atoms with van der Waals surface area (Å²) in [6.45, 7) is 0. The van der Waals surface area contributed by atoms with Gasteiger partial charge in [-0.05, 0) is 36.0 Å². The number of thiazole rings is 1. The van der Waals surface area contributed by atoms with E-state index in [0.29, 0.717) is 42.3 Å². The van der Waals surface area contributed by atoms with Crippen molar-refractivity contribution in [3.63, 3.8) is 0 Å². The molecule has 5 rings (SSSR count). The van der Waals surface area contributed by atoms with Crippen molar-refractivity contribution in [3.05, 3.63) is 86.8 Å². The number of amidine groups is 1. The SMILES string of the molecule is CN1C(=O)/C(=C\c2ccc(-c3c(Cl)cccc3Cl)o2)S/C1=N/c1nc(-c2ccccc2)cs1. The fourth-order valence-electron chi connectivity index (χ4n) is 3.22. The number of amides is 1. The van der Waals surface area contributed by atoms with Crippen molar-refractivity contribution in [1.82, 2.24) is 9.88 Å². The highest BCUT2D eigenvalue weighted by Crippen LogP contribution is 2.38. The molecule has 1 saturated heterocycles. The molecule has 0 radical (unpaired) electrons. The summed E-state index contributed by atoms with van der Waals surface area (Å²) in [5.41, 5.74) is 2.50. The van der Waals surface area contributed by atoms with Crippen LogP contribution in [0.2, 0.25) is 10.0 Å². The lowest BCUT2D eigenvalue weighted by Gasteiger charge is -2.05. The Morgan fingerprint density at radius 1 is 1.03 bits per heavy atom. The van der Waals surface area contributed by atoms with E-state index in [0.717, 1.165) is 11.3 Å². The summed E-state index contributed by atoms with van der Waals surface area (Å²) in [5, 5.41) is 4.09. The first-order valence-corrected chi connectivity index (χ1v) is 12.3. The van der Waals surface area contributed by atoms with E-state index >= 15 is 0 Å². The Balaban J connectivity index is 1.39. The highest BCUT2D eigenvalue weighted by atomic mass is 35.5. The van der Waals surface area contributed by atoms with Gasteiger partial charge >= 0.3 is 0 Å². The van der Waals surface area contributed by atoms with E-state index < -0.39 is 0 Å². The predicted octanol–water partition coefficient (Wildman–Crippen LogP) is 7.61. The molecular weight excluding hydrogens is 497 g/mol. The Labute approximate surface area is 208 Å². The summed E-state index contributed by atoms with van der Waals surface area (Å²) in [5.74, 6) is 0.894. The minimum Gasteiger partial charge on any atom is -0.457 e. The standard InChI is InChI=1S/C24H15Cl2N3O2S2/c1-29-22(30)20(12-15-10-11-19(31-15)21-16(25)8-5-9-17(21)26)33-24(29)28-23-27-18(13-32-23)14-6-3-2-4-7-14/h2-13H,1H3/b20-12+,28-24+. The number of halogens is 2. The van der Waals surface area contributed by atoms with Gasteiger partial charge in [-0.2, -0.15) is 4.99 Å². The zero-order valence-corrected chi connectivity index (χ0v) is 20.3. The summed E-state index contributed by atoms with van der Waals surface area (Å²) in [6, 6.07) is 18.7. The van der Waals surface area contributed by atoms with Crippen LogP contribution >= 0.6 is 46.3 Å². The number of thioether (sulfide) groups is 1. The number of carbonyl (C=O) groups excluding carboxylic acids is 1. The Morgan fingerprint density at radius 3 is 2.55 bits per heavy atom. The third kappa shape index (κ3) is 4.50. The summed E-state index contributed by atoms with van der Waals surface area (Å²) >= 11 is 15.3. The summed E-state index contributed by atoms with van der Waals surface area (Å²) in [7, 11) is 1.69. The maximum atomic E-state index is 12.8. The first-order chi connectivity index (χ1) is 16.0. The zero-order chi connectivity index (χ0) is 22.9. The lowest BCUT2D eigenvalue weighted by molar-refractivity contribution is -0.121. The molecule has 1 fully saturated rings. The van der Waals surface area contributed by atoms with Crippen LogP contribution in [-0.4, -0.2) is 28.0 Å². The summed E-state index contributed by atoms with van der Waals surface area (Å²) in [4.78, 5) is 24.0. The van der Waals surface area contributed by atoms with Crippen molar-refractivity contribution >= 4 is 68.6 Å². The molecule has 0 spiro atoms. The molecule has 9 heteroatoms. The van der Waals surface area contributed by atoms with Crippen LogP contribution in [0.15, 0.2) is 80.4 Å². The van der Waals surface area contributed by atoms with Crippen LogP contribution in [0.1, 0.15) is 5.76 Å². The van der Waals surface area contributed by atoms with Crippen molar-refractivity contribution in [3.8, 4) is 22.6 Å². The third-order valence-electron chi connectivity index (χ3n) is 4.87. The van der Waals surface area contributed by atoms with Crippen LogP contribution < -0.4 is 0 Å². The quantitative estimate of drug-likeness (QED) is 0.264. The fraction of sp³-hybridized carbons (Fsp3) is 0.0417. The van der Waals surface area contributed by atoms with E-state index in [9.17, 15) is 4.79 Å². The second-order valence-electron chi connectivity index (χ2n) is 7.05. The lowest BCUT2D eigenvalue weighted by atomic mass is 10.2. The molecule has 1 amide bonds. The predicted molar refractivity (Wildman–Crippen MR) is 137 cm³/mol. The maximum absolute atomic E-state index is 12.8. The van der Waals surface area contributed by atoms with E-state index in [1.807, 2.05) is 35.7 Å². The largest absolute Gasteiger partial charge is 0.457 e. The Hall–Kier alpha value is -2.84. The molecule has 5 nitrogen and oxygen atoms in total. The van der Waals surface area contributed by atoms with Crippen LogP contribution in [0.5, 0.6) is 0 Å². The number of benzene rings is 2. The van der Waals surface area contributed by atoms with Crippen molar-refractivity contribution in [2.45, 2.75) is 0 Å². The van der Waals surface area contributed by atoms with Crippen molar-refractivity contribution in [2.24, 2.45) is 4.99 Å². The second-order valence-corrected chi connectivity index (χ2v) is 9.71. The van der Waals surface area contributed by atoms with Gasteiger partial charge in [-0.15, -0.1) is 11.3 Å². The van der Waals surface area contributed by atoms with Gasteiger partial charge in [0.05, 0.1) is 26.2 Å². The van der Waals surface area contributed by atoms with Crippen LogP contribution in [0, 0.1) is 0 Å². The Bertz CT molecular complexity index is 1390. The molecule has 1 aliphatic rings. The maximum Gasteiger partial charge on any atom is 0.266 e. The van der Waals surface area contributed by atoms with Crippen LogP contribution in [0.25, 0.3) is 28.7 Å². The molecule has 3 heterocycles. The van der Waals surface area contributed by atoms with Crippen molar-refractivity contribution in [2.75, 3.05) is 7.05 Å². The van der Waals surface area contributed by atoms with Gasteiger partial charge in [-0.1, -0.05) is 59.6 Å². The van der Waals surface area contributed by atoms with Gasteiger partial charge in [-0.25, -0.2) is 4.98 Å². The van der Waals surface area contributed by atoms with Gasteiger partial charge in [0, 0.05) is 24.1 Å². The number of aliphatic imine (C=N–C) groups is 1. The molecule has 0 atom stereocenters. The van der Waals surface area contributed by atoms with Gasteiger partial charge in [0.1, 0.15) is 11.5 Å². The van der Waals surface area contributed by atoms with Crippen LogP contribution in [0.4, 0.5) is 5.13 Å². The number of hydrogen-bond donors (Lipinski definition) is 0. The number of likely N-dealkylation sites (N-methyl/N-ethyl adjacent to an activating group) is 1. The summed E-state index contributed by atoms with van der Waals surface area (Å²) < 4.78 is 5.90. The van der Waals surface area contributed by atoms with Gasteiger partial charge in [0.15, 0.2) is 5.17 Å². The van der Waals surface area contributed by atoms with Gasteiger partial charge in [0.2, 0.25) is 5.13 Å². The van der Waals surface area contributed by atoms with Crippen LogP contribution in [-0.2, 0) is 4.79 Å². The molecule has 164 valence electrons. The average molecular weight is 512 g/mol. The average Bonchev–Trinajstić information content (AvgIpc) is 3.53.